The molecule has 3 heterocycles. The Bertz CT molecular complexity index is 1140. The zero-order chi connectivity index (χ0) is 21.8. The molecule has 1 saturated heterocycles. The molecule has 1 fully saturated rings. The number of likely N-dealkylation sites (tertiary alicyclic amines) is 1. The number of esters is 1. The minimum absolute atomic E-state index is 0.0819. The molecule has 1 atom stereocenters. The maximum atomic E-state index is 12.8. The van der Waals surface area contributed by atoms with Crippen molar-refractivity contribution in [3.8, 4) is 11.4 Å². The van der Waals surface area contributed by atoms with Crippen molar-refractivity contribution in [3.05, 3.63) is 46.8 Å². The number of hydrogen-bond acceptors (Lipinski definition) is 7. The lowest BCUT2D eigenvalue weighted by atomic mass is 9.98. The zero-order valence-corrected chi connectivity index (χ0v) is 17.9. The van der Waals surface area contributed by atoms with Crippen molar-refractivity contribution in [1.82, 2.24) is 24.5 Å². The van der Waals surface area contributed by atoms with Gasteiger partial charge in [0.1, 0.15) is 0 Å². The number of carbonyl (C=O) groups is 2. The fourth-order valence-corrected chi connectivity index (χ4v) is 4.43. The lowest BCUT2D eigenvalue weighted by Crippen LogP contribution is -2.43. The summed E-state index contributed by atoms with van der Waals surface area (Å²) in [5.41, 5.74) is 0.968. The van der Waals surface area contributed by atoms with Gasteiger partial charge in [-0.1, -0.05) is 42.1 Å². The van der Waals surface area contributed by atoms with E-state index in [4.69, 9.17) is 4.74 Å². The van der Waals surface area contributed by atoms with Crippen LogP contribution in [-0.4, -0.2) is 61.8 Å². The van der Waals surface area contributed by atoms with Gasteiger partial charge in [-0.15, -0.1) is 0 Å². The van der Waals surface area contributed by atoms with Gasteiger partial charge < -0.3 is 9.64 Å². The highest BCUT2D eigenvalue weighted by molar-refractivity contribution is 7.99. The van der Waals surface area contributed by atoms with Crippen LogP contribution >= 0.6 is 11.8 Å². The Morgan fingerprint density at radius 1 is 1.26 bits per heavy atom. The maximum Gasteiger partial charge on any atom is 0.310 e. The molecule has 0 spiro atoms. The first kappa shape index (κ1) is 21.1. The van der Waals surface area contributed by atoms with E-state index in [9.17, 15) is 14.4 Å². The molecule has 0 radical (unpaired) electrons. The summed E-state index contributed by atoms with van der Waals surface area (Å²) in [6.45, 7) is 3.09. The summed E-state index contributed by atoms with van der Waals surface area (Å²) in [5.74, 6) is 0.00807. The predicted octanol–water partition coefficient (Wildman–Crippen LogP) is 1.98. The summed E-state index contributed by atoms with van der Waals surface area (Å²) < 4.78 is 6.60. The maximum absolute atomic E-state index is 12.8. The summed E-state index contributed by atoms with van der Waals surface area (Å²) in [4.78, 5) is 47.4. The lowest BCUT2D eigenvalue weighted by molar-refractivity contribution is -0.151. The van der Waals surface area contributed by atoms with Crippen LogP contribution in [0.2, 0.25) is 0 Å². The fraction of sp³-hybridized carbons (Fsp3) is 0.381. The number of nitrogens with one attached hydrogen (secondary N) is 1. The van der Waals surface area contributed by atoms with E-state index in [0.717, 1.165) is 18.4 Å². The van der Waals surface area contributed by atoms with E-state index in [2.05, 4.69) is 15.1 Å². The summed E-state index contributed by atoms with van der Waals surface area (Å²) in [6, 6.07) is 10.9. The lowest BCUT2D eigenvalue weighted by Gasteiger charge is -2.31. The average Bonchev–Trinajstić information content (AvgIpc) is 3.18. The highest BCUT2D eigenvalue weighted by atomic mass is 32.2. The van der Waals surface area contributed by atoms with E-state index in [1.54, 1.807) is 11.8 Å². The quantitative estimate of drug-likeness (QED) is 0.460. The van der Waals surface area contributed by atoms with Crippen LogP contribution in [0.5, 0.6) is 0 Å². The van der Waals surface area contributed by atoms with E-state index < -0.39 is 0 Å². The molecule has 1 unspecified atom stereocenters. The van der Waals surface area contributed by atoms with Crippen LogP contribution in [0, 0.1) is 5.92 Å². The summed E-state index contributed by atoms with van der Waals surface area (Å²) in [7, 11) is 0. The highest BCUT2D eigenvalue weighted by Crippen LogP contribution is 2.23. The van der Waals surface area contributed by atoms with Crippen molar-refractivity contribution < 1.29 is 14.3 Å². The second-order valence-electron chi connectivity index (χ2n) is 7.23. The molecule has 10 heteroatoms. The van der Waals surface area contributed by atoms with Gasteiger partial charge >= 0.3 is 5.97 Å². The number of hydrogen-bond donors (Lipinski definition) is 1. The molecule has 1 aromatic carbocycles. The molecule has 0 saturated carbocycles. The molecular formula is C21H23N5O4S. The highest BCUT2D eigenvalue weighted by Gasteiger charge is 2.29. The second kappa shape index (κ2) is 9.34. The number of H-pyrrole nitrogens is 1. The molecule has 162 valence electrons. The van der Waals surface area contributed by atoms with Gasteiger partial charge in [0.25, 0.3) is 5.56 Å². The molecule has 1 N–H and O–H groups in total. The second-order valence-corrected chi connectivity index (χ2v) is 8.17. The Kier molecular flexibility index (Phi) is 6.36. The number of benzene rings is 1. The first-order chi connectivity index (χ1) is 15.0. The molecule has 2 aromatic heterocycles. The number of aromatic amines is 1. The Balaban J connectivity index is 1.51. The molecule has 1 aliphatic rings. The number of nitrogens with zero attached hydrogens (tertiary/aromatic N) is 4. The third kappa shape index (κ3) is 4.79. The first-order valence-electron chi connectivity index (χ1n) is 10.2. The number of fused-ring (bicyclic) bond motifs is 1. The SMILES string of the molecule is CCOC(=O)C1CCCN(C(=O)CSc2nc(-c3ccccc3)nc3cc(=O)[nH]n23)C1. The van der Waals surface area contributed by atoms with Gasteiger partial charge in [-0.05, 0) is 19.8 Å². The largest absolute Gasteiger partial charge is 0.466 e. The van der Waals surface area contributed by atoms with Crippen molar-refractivity contribution >= 4 is 29.3 Å². The summed E-state index contributed by atoms with van der Waals surface area (Å²) in [5, 5.41) is 3.14. The van der Waals surface area contributed by atoms with Gasteiger partial charge in [0, 0.05) is 24.7 Å². The van der Waals surface area contributed by atoms with Gasteiger partial charge in [0.05, 0.1) is 18.3 Å². The predicted molar refractivity (Wildman–Crippen MR) is 116 cm³/mol. The average molecular weight is 442 g/mol. The molecule has 1 amide bonds. The fourth-order valence-electron chi connectivity index (χ4n) is 3.57. The topological polar surface area (TPSA) is 110 Å². The monoisotopic (exact) mass is 441 g/mol. The van der Waals surface area contributed by atoms with Crippen molar-refractivity contribution in [2.24, 2.45) is 5.92 Å². The number of aromatic nitrogens is 4. The summed E-state index contributed by atoms with van der Waals surface area (Å²) >= 11 is 1.23. The van der Waals surface area contributed by atoms with Crippen LogP contribution in [0.3, 0.4) is 0 Å². The standard InChI is InChI=1S/C21H23N5O4S/c1-2-30-20(29)15-9-6-10-25(12-15)18(28)13-31-21-23-19(14-7-4-3-5-8-14)22-16-11-17(27)24-26(16)21/h3-5,7-8,11,15H,2,6,9-10,12-13H2,1H3,(H,24,27). The number of amides is 1. The van der Waals surface area contributed by atoms with Crippen LogP contribution < -0.4 is 5.56 Å². The van der Waals surface area contributed by atoms with Crippen LogP contribution in [0.1, 0.15) is 19.8 Å². The van der Waals surface area contributed by atoms with E-state index >= 15 is 0 Å². The van der Waals surface area contributed by atoms with Crippen LogP contribution in [0.15, 0.2) is 46.3 Å². The molecule has 3 aromatic rings. The minimum atomic E-state index is -0.291. The van der Waals surface area contributed by atoms with Crippen LogP contribution in [0.4, 0.5) is 0 Å². The molecule has 0 bridgehead atoms. The Hall–Kier alpha value is -3.14. The van der Waals surface area contributed by atoms with E-state index in [-0.39, 0.29) is 29.1 Å². The minimum Gasteiger partial charge on any atom is -0.466 e. The Morgan fingerprint density at radius 2 is 2.06 bits per heavy atom. The third-order valence-electron chi connectivity index (χ3n) is 5.08. The van der Waals surface area contributed by atoms with Gasteiger partial charge in [-0.25, -0.2) is 14.5 Å². The summed E-state index contributed by atoms with van der Waals surface area (Å²) in [6.07, 6.45) is 1.49. The van der Waals surface area contributed by atoms with E-state index in [0.29, 0.717) is 36.3 Å². The molecule has 9 nitrogen and oxygen atoms in total. The van der Waals surface area contributed by atoms with E-state index in [1.807, 2.05) is 30.3 Å². The first-order valence-corrected chi connectivity index (χ1v) is 11.2. The molecule has 4 rings (SSSR count). The third-order valence-corrected chi connectivity index (χ3v) is 6.00. The number of rotatable bonds is 6. The molecule has 0 aliphatic carbocycles. The number of thioether (sulfide) groups is 1. The smallest absolute Gasteiger partial charge is 0.310 e. The number of ether oxygens (including phenoxy) is 1. The van der Waals surface area contributed by atoms with Crippen molar-refractivity contribution in [2.75, 3.05) is 25.4 Å². The van der Waals surface area contributed by atoms with Crippen molar-refractivity contribution in [1.29, 1.82) is 0 Å². The van der Waals surface area contributed by atoms with Crippen LogP contribution in [0.25, 0.3) is 17.0 Å². The Morgan fingerprint density at radius 3 is 2.84 bits per heavy atom. The normalized spacial score (nSPS) is 16.4. The molecule has 1 aliphatic heterocycles. The van der Waals surface area contributed by atoms with Gasteiger partial charge in [0.2, 0.25) is 5.91 Å². The number of piperidine rings is 1. The van der Waals surface area contributed by atoms with Crippen molar-refractivity contribution in [2.45, 2.75) is 24.9 Å². The van der Waals surface area contributed by atoms with E-state index in [1.165, 1.54) is 22.3 Å². The van der Waals surface area contributed by atoms with Gasteiger partial charge in [0.15, 0.2) is 16.6 Å². The Labute approximate surface area is 182 Å². The number of carbonyl (C=O) groups excluding carboxylic acids is 2. The zero-order valence-electron chi connectivity index (χ0n) is 17.1. The van der Waals surface area contributed by atoms with Crippen LogP contribution in [-0.2, 0) is 14.3 Å². The van der Waals surface area contributed by atoms with Gasteiger partial charge in [-0.2, -0.15) is 0 Å². The molecule has 31 heavy (non-hydrogen) atoms. The van der Waals surface area contributed by atoms with Gasteiger partial charge in [-0.3, -0.25) is 19.5 Å². The van der Waals surface area contributed by atoms with Crippen molar-refractivity contribution in [3.63, 3.8) is 0 Å². The molecular weight excluding hydrogens is 418 g/mol.